The number of benzene rings is 1. The van der Waals surface area contributed by atoms with Gasteiger partial charge >= 0.3 is 0 Å². The van der Waals surface area contributed by atoms with Crippen molar-refractivity contribution >= 4 is 16.7 Å². The second-order valence-electron chi connectivity index (χ2n) is 6.47. The maximum atomic E-state index is 5.98. The number of nitrogens with one attached hydrogen (secondary N) is 1. The Kier molecular flexibility index (Phi) is 2.57. The lowest BCUT2D eigenvalue weighted by Gasteiger charge is -2.47. The van der Waals surface area contributed by atoms with E-state index in [2.05, 4.69) is 39.6 Å². The van der Waals surface area contributed by atoms with Crippen LogP contribution in [0.3, 0.4) is 0 Å². The van der Waals surface area contributed by atoms with Crippen LogP contribution in [0.15, 0.2) is 41.5 Å². The first-order chi connectivity index (χ1) is 10.8. The first-order valence-corrected chi connectivity index (χ1v) is 7.94. The molecule has 2 aromatic rings. The van der Waals surface area contributed by atoms with Gasteiger partial charge in [0.2, 0.25) is 5.72 Å². The molecule has 1 N–H and O–H groups in total. The summed E-state index contributed by atoms with van der Waals surface area (Å²) in [6.07, 6.45) is 4.18. The van der Waals surface area contributed by atoms with Gasteiger partial charge in [0, 0.05) is 23.1 Å². The molecule has 1 aromatic carbocycles. The standard InChI is InChI=1S/C17H18N4O/c1-2-12-3-4-13(10-15(12)18-7-1)16-19-17(22-20-16)11-21-8-5-14(17)6-9-21/h1-4,7,10,14H,5-6,8-9,11H2,(H,19,20). The maximum Gasteiger partial charge on any atom is 0.202 e. The zero-order valence-electron chi connectivity index (χ0n) is 12.3. The number of hydrogen-bond acceptors (Lipinski definition) is 5. The molecule has 22 heavy (non-hydrogen) atoms. The lowest BCUT2D eigenvalue weighted by atomic mass is 9.81. The molecule has 0 aliphatic carbocycles. The monoisotopic (exact) mass is 294 g/mol. The molecule has 112 valence electrons. The number of pyridine rings is 1. The number of hydrogen-bond donors (Lipinski definition) is 1. The third kappa shape index (κ3) is 1.79. The van der Waals surface area contributed by atoms with Crippen LogP contribution in [0.4, 0.5) is 0 Å². The predicted octanol–water partition coefficient (Wildman–Crippen LogP) is 1.94. The molecule has 5 heteroatoms. The van der Waals surface area contributed by atoms with Gasteiger partial charge in [-0.2, -0.15) is 0 Å². The van der Waals surface area contributed by atoms with E-state index < -0.39 is 0 Å². The lowest BCUT2D eigenvalue weighted by molar-refractivity contribution is -0.155. The van der Waals surface area contributed by atoms with Crippen LogP contribution in [-0.4, -0.2) is 41.1 Å². The van der Waals surface area contributed by atoms with Crippen molar-refractivity contribution in [2.45, 2.75) is 18.6 Å². The van der Waals surface area contributed by atoms with E-state index in [1.165, 1.54) is 25.9 Å². The van der Waals surface area contributed by atoms with Gasteiger partial charge in [-0.25, -0.2) is 15.3 Å². The van der Waals surface area contributed by atoms with Crippen molar-refractivity contribution in [1.82, 2.24) is 15.4 Å². The van der Waals surface area contributed by atoms with E-state index in [9.17, 15) is 0 Å². The van der Waals surface area contributed by atoms with Crippen LogP contribution < -0.4 is 5.48 Å². The highest BCUT2D eigenvalue weighted by Gasteiger charge is 2.51. The third-order valence-corrected chi connectivity index (χ3v) is 5.18. The fourth-order valence-corrected chi connectivity index (χ4v) is 3.94. The van der Waals surface area contributed by atoms with E-state index in [0.717, 1.165) is 28.8 Å². The molecule has 4 aliphatic heterocycles. The molecule has 1 aromatic heterocycles. The van der Waals surface area contributed by atoms with Crippen LogP contribution in [0.25, 0.3) is 10.9 Å². The van der Waals surface area contributed by atoms with Crippen LogP contribution in [0, 0.1) is 5.92 Å². The molecule has 1 unspecified atom stereocenters. The number of piperidine rings is 3. The summed E-state index contributed by atoms with van der Waals surface area (Å²) in [6, 6.07) is 10.3. The molecule has 3 saturated heterocycles. The molecule has 2 bridgehead atoms. The zero-order chi connectivity index (χ0) is 14.6. The summed E-state index contributed by atoms with van der Waals surface area (Å²) in [5, 5.41) is 1.14. The summed E-state index contributed by atoms with van der Waals surface area (Å²) in [4.78, 5) is 17.8. The highest BCUT2D eigenvalue weighted by Crippen LogP contribution is 2.40. The summed E-state index contributed by atoms with van der Waals surface area (Å²) in [6.45, 7) is 3.26. The Morgan fingerprint density at radius 1 is 1.23 bits per heavy atom. The Bertz CT molecular complexity index is 766. The largest absolute Gasteiger partial charge is 0.298 e. The van der Waals surface area contributed by atoms with Gasteiger partial charge in [0.15, 0.2) is 5.84 Å². The number of fused-ring (bicyclic) bond motifs is 3. The molecule has 0 radical (unpaired) electrons. The van der Waals surface area contributed by atoms with Crippen LogP contribution in [0.2, 0.25) is 0 Å². The van der Waals surface area contributed by atoms with Gasteiger partial charge in [-0.3, -0.25) is 9.88 Å². The first kappa shape index (κ1) is 12.6. The van der Waals surface area contributed by atoms with Gasteiger partial charge in [0.25, 0.3) is 0 Å². The Morgan fingerprint density at radius 3 is 2.95 bits per heavy atom. The molecular formula is C17H18N4O. The fraction of sp³-hybridized carbons (Fsp3) is 0.412. The van der Waals surface area contributed by atoms with Crippen molar-refractivity contribution in [2.75, 3.05) is 19.6 Å². The van der Waals surface area contributed by atoms with Gasteiger partial charge in [0.1, 0.15) is 0 Å². The maximum absolute atomic E-state index is 5.98. The highest BCUT2D eigenvalue weighted by molar-refractivity contribution is 6.01. The predicted molar refractivity (Wildman–Crippen MR) is 84.4 cm³/mol. The SMILES string of the molecule is c1cnc2cc(C3=NC4(CN5CCC4CC5)ON3)ccc2c1. The third-order valence-electron chi connectivity index (χ3n) is 5.18. The topological polar surface area (TPSA) is 49.8 Å². The summed E-state index contributed by atoms with van der Waals surface area (Å²) in [7, 11) is 0. The smallest absolute Gasteiger partial charge is 0.202 e. The first-order valence-electron chi connectivity index (χ1n) is 7.94. The Morgan fingerprint density at radius 2 is 2.14 bits per heavy atom. The minimum Gasteiger partial charge on any atom is -0.298 e. The van der Waals surface area contributed by atoms with Gasteiger partial charge in [-0.1, -0.05) is 18.2 Å². The molecular weight excluding hydrogens is 276 g/mol. The van der Waals surface area contributed by atoms with Crippen molar-refractivity contribution < 1.29 is 4.84 Å². The molecule has 1 spiro atoms. The zero-order valence-corrected chi connectivity index (χ0v) is 12.3. The number of rotatable bonds is 1. The second-order valence-corrected chi connectivity index (χ2v) is 6.47. The van der Waals surface area contributed by atoms with Gasteiger partial charge in [-0.05, 0) is 38.1 Å². The number of amidine groups is 1. The van der Waals surface area contributed by atoms with Gasteiger partial charge < -0.3 is 0 Å². The van der Waals surface area contributed by atoms with Crippen molar-refractivity contribution in [3.05, 3.63) is 42.1 Å². The number of aliphatic imine (C=N–C) groups is 1. The average molecular weight is 294 g/mol. The van der Waals surface area contributed by atoms with E-state index in [1.807, 2.05) is 12.3 Å². The van der Waals surface area contributed by atoms with E-state index in [1.54, 1.807) is 0 Å². The Hall–Kier alpha value is -1.98. The summed E-state index contributed by atoms with van der Waals surface area (Å²) >= 11 is 0. The van der Waals surface area contributed by atoms with Crippen LogP contribution in [-0.2, 0) is 4.84 Å². The lowest BCUT2D eigenvalue weighted by Crippen LogP contribution is -2.58. The normalized spacial score (nSPS) is 33.2. The van der Waals surface area contributed by atoms with Crippen molar-refractivity contribution in [3.63, 3.8) is 0 Å². The molecule has 3 fully saturated rings. The van der Waals surface area contributed by atoms with Crippen molar-refractivity contribution in [2.24, 2.45) is 10.9 Å². The van der Waals surface area contributed by atoms with Gasteiger partial charge in [-0.15, -0.1) is 0 Å². The van der Waals surface area contributed by atoms with Crippen molar-refractivity contribution in [1.29, 1.82) is 0 Å². The van der Waals surface area contributed by atoms with E-state index in [4.69, 9.17) is 9.83 Å². The molecule has 0 saturated carbocycles. The van der Waals surface area contributed by atoms with E-state index in [0.29, 0.717) is 5.92 Å². The van der Waals surface area contributed by atoms with E-state index >= 15 is 0 Å². The minimum atomic E-state index is -0.384. The molecule has 6 rings (SSSR count). The molecule has 4 aliphatic rings. The fourth-order valence-electron chi connectivity index (χ4n) is 3.94. The average Bonchev–Trinajstić information content (AvgIpc) is 2.99. The van der Waals surface area contributed by atoms with E-state index in [-0.39, 0.29) is 5.72 Å². The Balaban J connectivity index is 1.53. The molecule has 5 heterocycles. The summed E-state index contributed by atoms with van der Waals surface area (Å²) in [5.41, 5.74) is 4.72. The molecule has 1 atom stereocenters. The van der Waals surface area contributed by atoms with Crippen LogP contribution in [0.1, 0.15) is 18.4 Å². The second kappa shape index (κ2) is 4.51. The summed E-state index contributed by atoms with van der Waals surface area (Å²) < 4.78 is 0. The Labute approximate surface area is 129 Å². The highest BCUT2D eigenvalue weighted by atomic mass is 16.7. The van der Waals surface area contributed by atoms with Crippen LogP contribution in [0.5, 0.6) is 0 Å². The van der Waals surface area contributed by atoms with Gasteiger partial charge in [0.05, 0.1) is 12.1 Å². The minimum absolute atomic E-state index is 0.384. The number of aromatic nitrogens is 1. The molecule has 5 nitrogen and oxygen atoms in total. The number of nitrogens with zero attached hydrogens (tertiary/aromatic N) is 3. The van der Waals surface area contributed by atoms with Crippen LogP contribution >= 0.6 is 0 Å². The quantitative estimate of drug-likeness (QED) is 0.873. The molecule has 0 amide bonds. The summed E-state index contributed by atoms with van der Waals surface area (Å²) in [5.74, 6) is 1.36. The number of hydroxylamine groups is 1. The van der Waals surface area contributed by atoms with Crippen molar-refractivity contribution in [3.8, 4) is 0 Å².